The van der Waals surface area contributed by atoms with Gasteiger partial charge in [-0.2, -0.15) is 0 Å². The molecule has 0 aromatic heterocycles. The molecule has 214 valence electrons. The Kier molecular flexibility index (Phi) is 7.40. The fraction of sp³-hybridized carbons (Fsp3) is 0.324. The van der Waals surface area contributed by atoms with Gasteiger partial charge in [0.15, 0.2) is 0 Å². The molecule has 4 aliphatic carbocycles. The lowest BCUT2D eigenvalue weighted by molar-refractivity contribution is -0.122. The van der Waals surface area contributed by atoms with Crippen molar-refractivity contribution < 1.29 is 19.1 Å². The van der Waals surface area contributed by atoms with Gasteiger partial charge >= 0.3 is 6.03 Å². The van der Waals surface area contributed by atoms with Gasteiger partial charge in [-0.1, -0.05) is 42.5 Å². The molecule has 8 heteroatoms. The maximum atomic E-state index is 13.6. The lowest BCUT2D eigenvalue weighted by atomic mass is 9.48. The number of ether oxygens (including phenoxy) is 1. The third-order valence-electron chi connectivity index (χ3n) is 9.44. The van der Waals surface area contributed by atoms with Gasteiger partial charge in [-0.25, -0.2) is 9.69 Å². The minimum absolute atomic E-state index is 0.0793. The molecule has 1 aliphatic heterocycles. The molecule has 4 bridgehead atoms. The molecule has 1 saturated heterocycles. The van der Waals surface area contributed by atoms with E-state index in [4.69, 9.17) is 4.74 Å². The van der Waals surface area contributed by atoms with Crippen molar-refractivity contribution in [2.24, 2.45) is 17.8 Å². The molecule has 1 N–H and O–H groups in total. The minimum Gasteiger partial charge on any atom is -0.487 e. The molecule has 4 amide bonds. The summed E-state index contributed by atoms with van der Waals surface area (Å²) in [5, 5.41) is 2.36. The Hall–Kier alpha value is -2.73. The number of urea groups is 1. The quantitative estimate of drug-likeness (QED) is 0.159. The first-order chi connectivity index (χ1) is 20.3. The fourth-order valence-corrected chi connectivity index (χ4v) is 10.1. The highest BCUT2D eigenvalue weighted by Crippen LogP contribution is 2.60. The van der Waals surface area contributed by atoms with Gasteiger partial charge in [0, 0.05) is 0 Å². The Balaban J connectivity index is 1.12. The molecule has 3 aromatic carbocycles. The number of hydrogen-bond acceptors (Lipinski definition) is 4. The number of nitrogens with zero attached hydrogens (tertiary/aromatic N) is 1. The number of halogens is 2. The van der Waals surface area contributed by atoms with Gasteiger partial charge in [-0.15, -0.1) is 0 Å². The number of anilines is 1. The van der Waals surface area contributed by atoms with E-state index >= 15 is 0 Å². The smallest absolute Gasteiger partial charge is 0.335 e. The van der Waals surface area contributed by atoms with E-state index in [2.05, 4.69) is 62.6 Å². The van der Waals surface area contributed by atoms with Gasteiger partial charge < -0.3 is 4.74 Å². The monoisotopic (exact) mass is 784 g/mol. The average Bonchev–Trinajstić information content (AvgIpc) is 2.95. The second-order valence-electron chi connectivity index (χ2n) is 12.3. The standard InChI is InChI=1S/C34H30I2N2O4/c35-28-14-21(15-29(36)30(28)42-19-20-4-2-1-3-5-20)13-27-31(39)37-33(41)38(32(27)40)26-8-6-25(7-9-26)34-16-22-10-23(17-34)12-24(11-22)18-34/h1-9,13-15,22-24H,10-12,16-19H2,(H,37,39,41)/b27-13+. The molecule has 0 spiro atoms. The lowest BCUT2D eigenvalue weighted by Crippen LogP contribution is -2.54. The van der Waals surface area contributed by atoms with Crippen LogP contribution in [0, 0.1) is 24.9 Å². The maximum absolute atomic E-state index is 13.6. The Bertz CT molecular complexity index is 1560. The summed E-state index contributed by atoms with van der Waals surface area (Å²) in [6, 6.07) is 20.9. The van der Waals surface area contributed by atoms with Crippen LogP contribution in [0.4, 0.5) is 10.5 Å². The molecular formula is C34H30I2N2O4. The molecule has 5 aliphatic rings. The molecule has 0 atom stereocenters. The van der Waals surface area contributed by atoms with Crippen LogP contribution in [0.25, 0.3) is 6.08 Å². The number of imide groups is 2. The molecule has 6 nitrogen and oxygen atoms in total. The molecule has 42 heavy (non-hydrogen) atoms. The van der Waals surface area contributed by atoms with Crippen molar-refractivity contribution in [2.45, 2.75) is 50.5 Å². The topological polar surface area (TPSA) is 75.7 Å². The first kappa shape index (κ1) is 28.1. The van der Waals surface area contributed by atoms with Crippen molar-refractivity contribution in [3.05, 3.63) is 96.1 Å². The van der Waals surface area contributed by atoms with Crippen LogP contribution in [0.3, 0.4) is 0 Å². The van der Waals surface area contributed by atoms with E-state index in [1.54, 1.807) is 6.08 Å². The van der Waals surface area contributed by atoms with E-state index in [1.165, 1.54) is 44.1 Å². The number of carbonyl (C=O) groups excluding carboxylic acids is 3. The van der Waals surface area contributed by atoms with Crippen molar-refractivity contribution in [3.63, 3.8) is 0 Å². The second-order valence-corrected chi connectivity index (χ2v) is 14.6. The Morgan fingerprint density at radius 3 is 2.05 bits per heavy atom. The normalized spacial score (nSPS) is 27.5. The fourth-order valence-electron chi connectivity index (χ4n) is 8.02. The van der Waals surface area contributed by atoms with E-state index in [1.807, 2.05) is 54.6 Å². The maximum Gasteiger partial charge on any atom is 0.335 e. The number of rotatable bonds is 6. The summed E-state index contributed by atoms with van der Waals surface area (Å²) in [7, 11) is 0. The summed E-state index contributed by atoms with van der Waals surface area (Å²) in [5.41, 5.74) is 3.69. The van der Waals surface area contributed by atoms with Gasteiger partial charge in [0.1, 0.15) is 17.9 Å². The summed E-state index contributed by atoms with van der Waals surface area (Å²) < 4.78 is 7.80. The van der Waals surface area contributed by atoms with E-state index in [-0.39, 0.29) is 11.0 Å². The zero-order chi connectivity index (χ0) is 29.0. The van der Waals surface area contributed by atoms with Gasteiger partial charge in [-0.3, -0.25) is 14.9 Å². The number of carbonyl (C=O) groups is 3. The highest BCUT2D eigenvalue weighted by Gasteiger charge is 2.51. The Labute approximate surface area is 272 Å². The van der Waals surface area contributed by atoms with E-state index in [0.717, 1.165) is 41.1 Å². The van der Waals surface area contributed by atoms with Crippen molar-refractivity contribution in [2.75, 3.05) is 4.90 Å². The highest BCUT2D eigenvalue weighted by atomic mass is 127. The average molecular weight is 784 g/mol. The molecule has 5 fully saturated rings. The highest BCUT2D eigenvalue weighted by molar-refractivity contribution is 14.1. The number of nitrogens with one attached hydrogen (secondary N) is 1. The van der Waals surface area contributed by atoms with Crippen molar-refractivity contribution in [1.29, 1.82) is 0 Å². The van der Waals surface area contributed by atoms with Gasteiger partial charge in [0.25, 0.3) is 11.8 Å². The third kappa shape index (κ3) is 5.18. The molecule has 0 unspecified atom stereocenters. The largest absolute Gasteiger partial charge is 0.487 e. The molecule has 4 saturated carbocycles. The zero-order valence-electron chi connectivity index (χ0n) is 22.9. The molecule has 0 radical (unpaired) electrons. The predicted molar refractivity (Wildman–Crippen MR) is 178 cm³/mol. The molecule has 8 rings (SSSR count). The Morgan fingerprint density at radius 2 is 1.45 bits per heavy atom. The number of benzene rings is 3. The number of hydrogen-bond donors (Lipinski definition) is 1. The third-order valence-corrected chi connectivity index (χ3v) is 11.0. The lowest BCUT2D eigenvalue weighted by Gasteiger charge is -2.57. The summed E-state index contributed by atoms with van der Waals surface area (Å²) in [6.45, 7) is 0.437. The van der Waals surface area contributed by atoms with E-state index in [9.17, 15) is 14.4 Å². The summed E-state index contributed by atoms with van der Waals surface area (Å²) in [6.07, 6.45) is 9.43. The summed E-state index contributed by atoms with van der Waals surface area (Å²) in [4.78, 5) is 40.4. The summed E-state index contributed by atoms with van der Waals surface area (Å²) >= 11 is 4.40. The first-order valence-corrected chi connectivity index (χ1v) is 16.6. The SMILES string of the molecule is O=C1NC(=O)N(c2ccc(C34CC5CC(CC(C5)C3)C4)cc2)C(=O)/C1=C/c1cc(I)c(OCc2ccccc2)c(I)c1. The minimum atomic E-state index is -0.724. The van der Waals surface area contributed by atoms with Crippen LogP contribution >= 0.6 is 45.2 Å². The van der Waals surface area contributed by atoms with E-state index in [0.29, 0.717) is 17.9 Å². The van der Waals surface area contributed by atoms with Crippen LogP contribution in [-0.2, 0) is 21.6 Å². The van der Waals surface area contributed by atoms with Gasteiger partial charge in [0.2, 0.25) is 0 Å². The number of amides is 4. The van der Waals surface area contributed by atoms with Crippen LogP contribution < -0.4 is 15.0 Å². The second kappa shape index (κ2) is 11.1. The van der Waals surface area contributed by atoms with Crippen molar-refractivity contribution >= 4 is 74.8 Å². The van der Waals surface area contributed by atoms with Crippen LogP contribution in [0.15, 0.2) is 72.3 Å². The van der Waals surface area contributed by atoms with Gasteiger partial charge in [0.05, 0.1) is 12.8 Å². The molecule has 3 aromatic rings. The number of barbiturate groups is 1. The van der Waals surface area contributed by atoms with Crippen molar-refractivity contribution in [3.8, 4) is 5.75 Å². The van der Waals surface area contributed by atoms with Gasteiger partial charge in [-0.05, 0) is 154 Å². The molecule has 1 heterocycles. The first-order valence-electron chi connectivity index (χ1n) is 14.5. The Morgan fingerprint density at radius 1 is 0.857 bits per heavy atom. The van der Waals surface area contributed by atoms with E-state index < -0.39 is 17.8 Å². The van der Waals surface area contributed by atoms with Crippen LogP contribution in [0.2, 0.25) is 0 Å². The summed E-state index contributed by atoms with van der Waals surface area (Å²) in [5.74, 6) is 1.93. The van der Waals surface area contributed by atoms with Crippen LogP contribution in [0.1, 0.15) is 55.2 Å². The molecular weight excluding hydrogens is 754 g/mol. The van der Waals surface area contributed by atoms with Crippen LogP contribution in [-0.4, -0.2) is 17.8 Å². The zero-order valence-corrected chi connectivity index (χ0v) is 27.3. The van der Waals surface area contributed by atoms with Crippen molar-refractivity contribution in [1.82, 2.24) is 5.32 Å². The predicted octanol–water partition coefficient (Wildman–Crippen LogP) is 7.61. The van der Waals surface area contributed by atoms with Crippen LogP contribution in [0.5, 0.6) is 5.75 Å².